The van der Waals surface area contributed by atoms with Crippen LogP contribution < -0.4 is 10.1 Å². The molecule has 0 aliphatic rings. The molecule has 2 aromatic carbocycles. The van der Waals surface area contributed by atoms with E-state index in [4.69, 9.17) is 16.3 Å². The molecule has 2 aromatic heterocycles. The molecule has 9 nitrogen and oxygen atoms in total. The highest BCUT2D eigenvalue weighted by atomic mass is 35.5. The molecule has 1 unspecified atom stereocenters. The lowest BCUT2D eigenvalue weighted by atomic mass is 10.0. The SMILES string of the molecule is CC(C)c1nnnn1-c1cc(OC(=O)NC(C)c2cnccn2)cc(-c2ccc(Cl)cc2F)c1. The van der Waals surface area contributed by atoms with Gasteiger partial charge >= 0.3 is 6.09 Å². The average Bonchev–Trinajstić information content (AvgIpc) is 3.30. The Labute approximate surface area is 200 Å². The van der Waals surface area contributed by atoms with Crippen LogP contribution in [0, 0.1) is 5.82 Å². The first-order valence-corrected chi connectivity index (χ1v) is 10.8. The lowest BCUT2D eigenvalue weighted by molar-refractivity contribution is 0.196. The summed E-state index contributed by atoms with van der Waals surface area (Å²) in [6, 6.07) is 8.79. The minimum atomic E-state index is -0.710. The molecule has 1 N–H and O–H groups in total. The smallest absolute Gasteiger partial charge is 0.410 e. The highest BCUT2D eigenvalue weighted by Gasteiger charge is 2.18. The standard InChI is InChI=1S/C23H21ClFN7O2/c1-13(2)22-29-30-31-32(22)17-8-15(19-5-4-16(24)10-20(19)25)9-18(11-17)34-23(33)28-14(3)21-12-26-6-7-27-21/h4-14H,1-3H3,(H,28,33). The zero-order valence-electron chi connectivity index (χ0n) is 18.6. The van der Waals surface area contributed by atoms with Crippen molar-refractivity contribution in [3.05, 3.63) is 77.3 Å². The van der Waals surface area contributed by atoms with E-state index in [2.05, 4.69) is 30.8 Å². The number of aromatic nitrogens is 6. The van der Waals surface area contributed by atoms with Crippen LogP contribution in [0.1, 0.15) is 44.2 Å². The summed E-state index contributed by atoms with van der Waals surface area (Å²) in [5.74, 6) is 0.278. The summed E-state index contributed by atoms with van der Waals surface area (Å²) in [4.78, 5) is 20.8. The van der Waals surface area contributed by atoms with Crippen molar-refractivity contribution in [2.45, 2.75) is 32.7 Å². The largest absolute Gasteiger partial charge is 0.413 e. The summed E-state index contributed by atoms with van der Waals surface area (Å²) in [7, 11) is 0. The van der Waals surface area contributed by atoms with Gasteiger partial charge in [0.15, 0.2) is 5.82 Å². The molecule has 11 heteroatoms. The van der Waals surface area contributed by atoms with Crippen molar-refractivity contribution >= 4 is 17.7 Å². The van der Waals surface area contributed by atoms with Crippen LogP contribution in [0.3, 0.4) is 0 Å². The van der Waals surface area contributed by atoms with Crippen LogP contribution >= 0.6 is 11.6 Å². The van der Waals surface area contributed by atoms with Crippen molar-refractivity contribution in [2.24, 2.45) is 0 Å². The molecular formula is C23H21ClFN7O2. The zero-order valence-corrected chi connectivity index (χ0v) is 19.4. The van der Waals surface area contributed by atoms with Crippen molar-refractivity contribution in [3.8, 4) is 22.6 Å². The molecule has 0 aliphatic carbocycles. The van der Waals surface area contributed by atoms with Gasteiger partial charge in [0, 0.05) is 35.0 Å². The molecule has 0 saturated carbocycles. The molecule has 1 amide bonds. The molecule has 0 bridgehead atoms. The monoisotopic (exact) mass is 481 g/mol. The number of nitrogens with one attached hydrogen (secondary N) is 1. The predicted molar refractivity (Wildman–Crippen MR) is 123 cm³/mol. The Kier molecular flexibility index (Phi) is 6.78. The number of hydrogen-bond donors (Lipinski definition) is 1. The number of halogens is 2. The van der Waals surface area contributed by atoms with E-state index in [1.807, 2.05) is 13.8 Å². The van der Waals surface area contributed by atoms with E-state index in [1.165, 1.54) is 16.9 Å². The van der Waals surface area contributed by atoms with Gasteiger partial charge in [-0.3, -0.25) is 9.97 Å². The third-order valence-corrected chi connectivity index (χ3v) is 5.19. The number of ether oxygens (including phenoxy) is 1. The van der Waals surface area contributed by atoms with Crippen LogP contribution in [0.5, 0.6) is 5.75 Å². The zero-order chi connectivity index (χ0) is 24.2. The van der Waals surface area contributed by atoms with Crippen LogP contribution in [-0.4, -0.2) is 36.3 Å². The number of nitrogens with zero attached hydrogens (tertiary/aromatic N) is 6. The fourth-order valence-electron chi connectivity index (χ4n) is 3.30. The predicted octanol–water partition coefficient (Wildman–Crippen LogP) is 4.88. The van der Waals surface area contributed by atoms with Gasteiger partial charge in [-0.2, -0.15) is 4.68 Å². The number of carbonyl (C=O) groups excluding carboxylic acids is 1. The van der Waals surface area contributed by atoms with E-state index in [0.717, 1.165) is 0 Å². The second-order valence-electron chi connectivity index (χ2n) is 7.83. The topological polar surface area (TPSA) is 108 Å². The molecular weight excluding hydrogens is 461 g/mol. The van der Waals surface area contributed by atoms with Crippen LogP contribution in [0.4, 0.5) is 9.18 Å². The Morgan fingerprint density at radius 2 is 1.97 bits per heavy atom. The van der Waals surface area contributed by atoms with Crippen molar-refractivity contribution in [3.63, 3.8) is 0 Å². The fraction of sp³-hybridized carbons (Fsp3) is 0.217. The fourth-order valence-corrected chi connectivity index (χ4v) is 3.46. The molecule has 0 saturated heterocycles. The molecule has 0 spiro atoms. The third kappa shape index (κ3) is 5.18. The normalized spacial score (nSPS) is 11.9. The first kappa shape index (κ1) is 23.2. The van der Waals surface area contributed by atoms with Gasteiger partial charge in [-0.05, 0) is 53.2 Å². The summed E-state index contributed by atoms with van der Waals surface area (Å²) < 4.78 is 21.8. The van der Waals surface area contributed by atoms with Crippen molar-refractivity contribution in [1.82, 2.24) is 35.5 Å². The Balaban J connectivity index is 1.70. The molecule has 2 heterocycles. The Morgan fingerprint density at radius 3 is 2.68 bits per heavy atom. The van der Waals surface area contributed by atoms with E-state index < -0.39 is 18.0 Å². The van der Waals surface area contributed by atoms with E-state index in [1.54, 1.807) is 49.6 Å². The third-order valence-electron chi connectivity index (χ3n) is 4.96. The number of tetrazole rings is 1. The average molecular weight is 482 g/mol. The van der Waals surface area contributed by atoms with Gasteiger partial charge < -0.3 is 10.1 Å². The second-order valence-corrected chi connectivity index (χ2v) is 8.27. The minimum absolute atomic E-state index is 0.0198. The molecule has 0 aliphatic heterocycles. The first-order valence-electron chi connectivity index (χ1n) is 10.4. The number of hydrogen-bond acceptors (Lipinski definition) is 7. The van der Waals surface area contributed by atoms with Gasteiger partial charge in [0.05, 0.1) is 23.6 Å². The summed E-state index contributed by atoms with van der Waals surface area (Å²) in [6.07, 6.45) is 3.92. The van der Waals surface area contributed by atoms with Crippen LogP contribution in [0.2, 0.25) is 5.02 Å². The Morgan fingerprint density at radius 1 is 1.15 bits per heavy atom. The molecule has 0 fully saturated rings. The quantitative estimate of drug-likeness (QED) is 0.418. The van der Waals surface area contributed by atoms with Crippen LogP contribution in [0.15, 0.2) is 55.0 Å². The lowest BCUT2D eigenvalue weighted by Crippen LogP contribution is -2.30. The molecule has 0 radical (unpaired) electrons. The number of benzene rings is 2. The van der Waals surface area contributed by atoms with Gasteiger partial charge in [0.1, 0.15) is 11.6 Å². The van der Waals surface area contributed by atoms with E-state index >= 15 is 0 Å². The molecule has 4 rings (SSSR count). The maximum atomic E-state index is 14.7. The Hall–Kier alpha value is -3.92. The highest BCUT2D eigenvalue weighted by molar-refractivity contribution is 6.30. The van der Waals surface area contributed by atoms with E-state index in [9.17, 15) is 9.18 Å². The number of rotatable bonds is 6. The van der Waals surface area contributed by atoms with Gasteiger partial charge in [0.25, 0.3) is 0 Å². The first-order chi connectivity index (χ1) is 16.3. The maximum Gasteiger partial charge on any atom is 0.413 e. The Bertz CT molecular complexity index is 1310. The highest BCUT2D eigenvalue weighted by Crippen LogP contribution is 2.31. The summed E-state index contributed by atoms with van der Waals surface area (Å²) in [5, 5.41) is 14.9. The second kappa shape index (κ2) is 9.92. The molecule has 1 atom stereocenters. The summed E-state index contributed by atoms with van der Waals surface area (Å²) >= 11 is 5.91. The minimum Gasteiger partial charge on any atom is -0.410 e. The summed E-state index contributed by atoms with van der Waals surface area (Å²) in [5.41, 5.74) is 1.82. The maximum absolute atomic E-state index is 14.7. The van der Waals surface area contributed by atoms with E-state index in [0.29, 0.717) is 22.8 Å². The van der Waals surface area contributed by atoms with E-state index in [-0.39, 0.29) is 22.3 Å². The molecule has 174 valence electrons. The van der Waals surface area contributed by atoms with Crippen molar-refractivity contribution in [1.29, 1.82) is 0 Å². The van der Waals surface area contributed by atoms with Gasteiger partial charge in [0.2, 0.25) is 0 Å². The van der Waals surface area contributed by atoms with Crippen LogP contribution in [0.25, 0.3) is 16.8 Å². The summed E-state index contributed by atoms with van der Waals surface area (Å²) in [6.45, 7) is 5.65. The van der Waals surface area contributed by atoms with Gasteiger partial charge in [-0.1, -0.05) is 25.4 Å². The number of carbonyl (C=O) groups is 1. The van der Waals surface area contributed by atoms with Crippen LogP contribution in [-0.2, 0) is 0 Å². The van der Waals surface area contributed by atoms with Crippen molar-refractivity contribution in [2.75, 3.05) is 0 Å². The van der Waals surface area contributed by atoms with Gasteiger partial charge in [-0.25, -0.2) is 9.18 Å². The molecule has 4 aromatic rings. The van der Waals surface area contributed by atoms with Crippen molar-refractivity contribution < 1.29 is 13.9 Å². The molecule has 34 heavy (non-hydrogen) atoms. The number of amides is 1. The lowest BCUT2D eigenvalue weighted by Gasteiger charge is -2.15. The van der Waals surface area contributed by atoms with Gasteiger partial charge in [-0.15, -0.1) is 5.10 Å².